The van der Waals surface area contributed by atoms with Crippen LogP contribution in [0, 0.1) is 0 Å². The van der Waals surface area contributed by atoms with Gasteiger partial charge in [0, 0.05) is 30.7 Å². The van der Waals surface area contributed by atoms with E-state index in [-0.39, 0.29) is 0 Å². The maximum atomic E-state index is 5.82. The first-order valence-electron chi connectivity index (χ1n) is 7.32. The zero-order chi connectivity index (χ0) is 14.8. The summed E-state index contributed by atoms with van der Waals surface area (Å²) in [6.45, 7) is 7.85. The summed E-state index contributed by atoms with van der Waals surface area (Å²) in [6, 6.07) is 8.58. The van der Waals surface area contributed by atoms with E-state index in [9.17, 15) is 0 Å². The average molecular weight is 344 g/mol. The smallest absolute Gasteiger partial charge is 0.120 e. The number of hydrogen-bond donors (Lipinski definition) is 0. The zero-order valence-electron chi connectivity index (χ0n) is 12.8. The molecule has 4 heteroatoms. The molecule has 0 aliphatic heterocycles. The van der Waals surface area contributed by atoms with Crippen LogP contribution in [0.3, 0.4) is 0 Å². The quantitative estimate of drug-likeness (QED) is 0.641. The molecule has 0 amide bonds. The summed E-state index contributed by atoms with van der Waals surface area (Å²) in [5.41, 5.74) is 0. The Balaban J connectivity index is 2.44. The fraction of sp³-hybridized carbons (Fsp3) is 0.625. The molecular formula is C16H26BrNO2. The number of methoxy groups -OCH3 is 1. The lowest BCUT2D eigenvalue weighted by Gasteiger charge is -2.30. The summed E-state index contributed by atoms with van der Waals surface area (Å²) in [6.07, 6.45) is 2.33. The molecule has 0 aromatic heterocycles. The van der Waals surface area contributed by atoms with Crippen LogP contribution in [-0.2, 0) is 4.74 Å². The van der Waals surface area contributed by atoms with E-state index < -0.39 is 0 Å². The Morgan fingerprint density at radius 3 is 2.45 bits per heavy atom. The fourth-order valence-electron chi connectivity index (χ4n) is 2.33. The maximum absolute atomic E-state index is 5.82. The van der Waals surface area contributed by atoms with Gasteiger partial charge in [0.15, 0.2) is 0 Å². The standard InChI is InChI=1S/C16H26BrNO2/c1-4-15(5-2)18(9-11-19-3)10-12-20-16-8-6-7-14(17)13-16/h6-8,13,15H,4-5,9-12H2,1-3H3. The van der Waals surface area contributed by atoms with Gasteiger partial charge in [0.2, 0.25) is 0 Å². The van der Waals surface area contributed by atoms with Gasteiger partial charge in [0.1, 0.15) is 12.4 Å². The zero-order valence-corrected chi connectivity index (χ0v) is 14.4. The van der Waals surface area contributed by atoms with Gasteiger partial charge in [-0.2, -0.15) is 0 Å². The Kier molecular flexibility index (Phi) is 8.90. The van der Waals surface area contributed by atoms with Gasteiger partial charge in [-0.1, -0.05) is 35.8 Å². The number of halogens is 1. The normalized spacial score (nSPS) is 11.3. The third-order valence-electron chi connectivity index (χ3n) is 3.48. The summed E-state index contributed by atoms with van der Waals surface area (Å²) in [7, 11) is 1.75. The van der Waals surface area contributed by atoms with Gasteiger partial charge in [0.05, 0.1) is 6.61 Å². The van der Waals surface area contributed by atoms with Crippen LogP contribution in [0.25, 0.3) is 0 Å². The predicted octanol–water partition coefficient (Wildman–Crippen LogP) is 3.96. The van der Waals surface area contributed by atoms with E-state index in [1.54, 1.807) is 7.11 Å². The molecule has 1 rings (SSSR count). The molecular weight excluding hydrogens is 318 g/mol. The number of hydrogen-bond acceptors (Lipinski definition) is 3. The van der Waals surface area contributed by atoms with Crippen LogP contribution < -0.4 is 4.74 Å². The fourth-order valence-corrected chi connectivity index (χ4v) is 2.71. The van der Waals surface area contributed by atoms with Crippen molar-refractivity contribution in [3.63, 3.8) is 0 Å². The summed E-state index contributed by atoms with van der Waals surface area (Å²) >= 11 is 3.46. The Morgan fingerprint density at radius 2 is 1.85 bits per heavy atom. The summed E-state index contributed by atoms with van der Waals surface area (Å²) in [4.78, 5) is 2.46. The van der Waals surface area contributed by atoms with Gasteiger partial charge in [-0.05, 0) is 31.0 Å². The minimum atomic E-state index is 0.608. The van der Waals surface area contributed by atoms with E-state index >= 15 is 0 Å². The molecule has 3 nitrogen and oxygen atoms in total. The van der Waals surface area contributed by atoms with Crippen molar-refractivity contribution in [3.05, 3.63) is 28.7 Å². The molecule has 0 atom stereocenters. The lowest BCUT2D eigenvalue weighted by atomic mass is 10.1. The lowest BCUT2D eigenvalue weighted by Crippen LogP contribution is -2.39. The molecule has 0 bridgehead atoms. The molecule has 0 fully saturated rings. The van der Waals surface area contributed by atoms with Crippen LogP contribution in [0.1, 0.15) is 26.7 Å². The SMILES string of the molecule is CCC(CC)N(CCOC)CCOc1cccc(Br)c1. The molecule has 20 heavy (non-hydrogen) atoms. The molecule has 0 heterocycles. The topological polar surface area (TPSA) is 21.7 Å². The molecule has 0 aliphatic carbocycles. The van der Waals surface area contributed by atoms with Crippen molar-refractivity contribution < 1.29 is 9.47 Å². The lowest BCUT2D eigenvalue weighted by molar-refractivity contribution is 0.101. The molecule has 0 unspecified atom stereocenters. The van der Waals surface area contributed by atoms with Crippen molar-refractivity contribution in [2.45, 2.75) is 32.7 Å². The minimum Gasteiger partial charge on any atom is -0.492 e. The van der Waals surface area contributed by atoms with Crippen LogP contribution in [0.2, 0.25) is 0 Å². The van der Waals surface area contributed by atoms with Crippen LogP contribution in [0.5, 0.6) is 5.75 Å². The molecule has 1 aromatic rings. The number of ether oxygens (including phenoxy) is 2. The van der Waals surface area contributed by atoms with E-state index in [4.69, 9.17) is 9.47 Å². The predicted molar refractivity (Wildman–Crippen MR) is 87.5 cm³/mol. The Morgan fingerprint density at radius 1 is 1.15 bits per heavy atom. The van der Waals surface area contributed by atoms with Gasteiger partial charge < -0.3 is 9.47 Å². The third-order valence-corrected chi connectivity index (χ3v) is 3.98. The molecule has 1 aromatic carbocycles. The van der Waals surface area contributed by atoms with E-state index in [1.807, 2.05) is 24.3 Å². The van der Waals surface area contributed by atoms with E-state index in [2.05, 4.69) is 34.7 Å². The van der Waals surface area contributed by atoms with Crippen molar-refractivity contribution in [2.75, 3.05) is 33.4 Å². The highest BCUT2D eigenvalue weighted by molar-refractivity contribution is 9.10. The molecule has 0 radical (unpaired) electrons. The van der Waals surface area contributed by atoms with E-state index in [0.717, 1.165) is 42.8 Å². The van der Waals surface area contributed by atoms with Crippen LogP contribution in [0.4, 0.5) is 0 Å². The van der Waals surface area contributed by atoms with Crippen LogP contribution in [-0.4, -0.2) is 44.4 Å². The monoisotopic (exact) mass is 343 g/mol. The van der Waals surface area contributed by atoms with Gasteiger partial charge in [-0.3, -0.25) is 4.90 Å². The van der Waals surface area contributed by atoms with Crippen molar-refractivity contribution in [1.82, 2.24) is 4.90 Å². The van der Waals surface area contributed by atoms with Crippen molar-refractivity contribution in [2.24, 2.45) is 0 Å². The van der Waals surface area contributed by atoms with Crippen molar-refractivity contribution in [3.8, 4) is 5.75 Å². The highest BCUT2D eigenvalue weighted by Gasteiger charge is 2.14. The second-order valence-electron chi connectivity index (χ2n) is 4.80. The largest absolute Gasteiger partial charge is 0.492 e. The van der Waals surface area contributed by atoms with E-state index in [0.29, 0.717) is 12.6 Å². The van der Waals surface area contributed by atoms with Gasteiger partial charge >= 0.3 is 0 Å². The first-order chi connectivity index (χ1) is 9.71. The minimum absolute atomic E-state index is 0.608. The Bertz CT molecular complexity index is 369. The molecule has 114 valence electrons. The average Bonchev–Trinajstić information content (AvgIpc) is 2.45. The molecule has 0 saturated carbocycles. The second-order valence-corrected chi connectivity index (χ2v) is 5.72. The first kappa shape index (κ1) is 17.5. The Hall–Kier alpha value is -0.580. The highest BCUT2D eigenvalue weighted by atomic mass is 79.9. The highest BCUT2D eigenvalue weighted by Crippen LogP contribution is 2.18. The first-order valence-corrected chi connectivity index (χ1v) is 8.11. The van der Waals surface area contributed by atoms with Crippen LogP contribution in [0.15, 0.2) is 28.7 Å². The van der Waals surface area contributed by atoms with Gasteiger partial charge in [0.25, 0.3) is 0 Å². The molecule has 0 saturated heterocycles. The summed E-state index contributed by atoms with van der Waals surface area (Å²) in [5.74, 6) is 0.913. The van der Waals surface area contributed by atoms with Crippen LogP contribution >= 0.6 is 15.9 Å². The van der Waals surface area contributed by atoms with E-state index in [1.165, 1.54) is 0 Å². The van der Waals surface area contributed by atoms with Crippen molar-refractivity contribution in [1.29, 1.82) is 0 Å². The summed E-state index contributed by atoms with van der Waals surface area (Å²) in [5, 5.41) is 0. The maximum Gasteiger partial charge on any atom is 0.120 e. The molecule has 0 N–H and O–H groups in total. The van der Waals surface area contributed by atoms with Gasteiger partial charge in [-0.25, -0.2) is 0 Å². The molecule has 0 spiro atoms. The number of nitrogens with zero attached hydrogens (tertiary/aromatic N) is 1. The summed E-state index contributed by atoms with van der Waals surface area (Å²) < 4.78 is 12.1. The number of rotatable bonds is 10. The Labute approximate surface area is 131 Å². The van der Waals surface area contributed by atoms with Crippen molar-refractivity contribution >= 4 is 15.9 Å². The molecule has 0 aliphatic rings. The second kappa shape index (κ2) is 10.2. The van der Waals surface area contributed by atoms with Gasteiger partial charge in [-0.15, -0.1) is 0 Å². The number of benzene rings is 1. The third kappa shape index (κ3) is 6.25.